The first-order chi connectivity index (χ1) is 10.5. The van der Waals surface area contributed by atoms with Crippen LogP contribution in [0.15, 0.2) is 42.6 Å². The lowest BCUT2D eigenvalue weighted by Gasteiger charge is -2.15. The third-order valence-electron chi connectivity index (χ3n) is 4.23. The van der Waals surface area contributed by atoms with Gasteiger partial charge in [0.2, 0.25) is 0 Å². The van der Waals surface area contributed by atoms with Crippen LogP contribution in [0.25, 0.3) is 10.8 Å². The first-order valence-electron chi connectivity index (χ1n) is 7.58. The van der Waals surface area contributed by atoms with Gasteiger partial charge in [0, 0.05) is 11.6 Å². The van der Waals surface area contributed by atoms with Crippen LogP contribution in [-0.4, -0.2) is 10.1 Å². The van der Waals surface area contributed by atoms with E-state index in [1.165, 1.54) is 11.1 Å². The van der Waals surface area contributed by atoms with Crippen molar-refractivity contribution in [1.82, 2.24) is 4.98 Å². The second kappa shape index (κ2) is 5.54. The molecule has 1 unspecified atom stereocenters. The Bertz CT molecular complexity index is 831. The number of rotatable bonds is 2. The topological polar surface area (TPSA) is 33.1 Å². The summed E-state index contributed by atoms with van der Waals surface area (Å²) in [5.74, 6) is 0. The van der Waals surface area contributed by atoms with Gasteiger partial charge in [0.15, 0.2) is 0 Å². The quantitative estimate of drug-likeness (QED) is 0.751. The number of aromatic nitrogens is 1. The average molecular weight is 291 g/mol. The van der Waals surface area contributed by atoms with Crippen LogP contribution < -0.4 is 0 Å². The van der Waals surface area contributed by atoms with E-state index in [1.807, 2.05) is 32.0 Å². The van der Waals surface area contributed by atoms with Gasteiger partial charge in [0.05, 0.1) is 5.69 Å². The Balaban J connectivity index is 2.18. The van der Waals surface area contributed by atoms with E-state index in [9.17, 15) is 5.11 Å². The molecule has 1 atom stereocenters. The van der Waals surface area contributed by atoms with Crippen molar-refractivity contribution in [3.63, 3.8) is 0 Å². The molecule has 1 aromatic heterocycles. The molecule has 0 aliphatic rings. The first kappa shape index (κ1) is 14.7. The molecule has 0 bridgehead atoms. The summed E-state index contributed by atoms with van der Waals surface area (Å²) in [6, 6.07) is 12.4. The zero-order chi connectivity index (χ0) is 15.9. The lowest BCUT2D eigenvalue weighted by Crippen LogP contribution is -2.04. The molecule has 0 aliphatic heterocycles. The van der Waals surface area contributed by atoms with E-state index in [0.29, 0.717) is 0 Å². The molecule has 112 valence electrons. The van der Waals surface area contributed by atoms with Gasteiger partial charge in [-0.25, -0.2) is 0 Å². The molecule has 0 saturated heterocycles. The van der Waals surface area contributed by atoms with Gasteiger partial charge in [-0.3, -0.25) is 4.98 Å². The summed E-state index contributed by atoms with van der Waals surface area (Å²) in [5.41, 5.74) is 6.41. The summed E-state index contributed by atoms with van der Waals surface area (Å²) < 4.78 is 0. The van der Waals surface area contributed by atoms with Crippen molar-refractivity contribution in [1.29, 1.82) is 0 Å². The van der Waals surface area contributed by atoms with Crippen LogP contribution in [0, 0.1) is 27.7 Å². The molecular formula is C20H21NO. The number of fused-ring (bicyclic) bond motifs is 1. The lowest BCUT2D eigenvalue weighted by molar-refractivity contribution is 0.217. The fourth-order valence-electron chi connectivity index (χ4n) is 3.01. The first-order valence-corrected chi connectivity index (χ1v) is 7.58. The van der Waals surface area contributed by atoms with Crippen LogP contribution in [0.2, 0.25) is 0 Å². The van der Waals surface area contributed by atoms with Crippen molar-refractivity contribution in [3.8, 4) is 0 Å². The molecule has 3 rings (SSSR count). The summed E-state index contributed by atoms with van der Waals surface area (Å²) in [6.07, 6.45) is 1.07. The molecule has 2 nitrogen and oxygen atoms in total. The number of aryl methyl sites for hydroxylation is 4. The van der Waals surface area contributed by atoms with Crippen molar-refractivity contribution >= 4 is 10.8 Å². The molecule has 22 heavy (non-hydrogen) atoms. The second-order valence-corrected chi connectivity index (χ2v) is 6.18. The van der Waals surface area contributed by atoms with Crippen LogP contribution in [0.5, 0.6) is 0 Å². The molecule has 0 radical (unpaired) electrons. The van der Waals surface area contributed by atoms with Gasteiger partial charge in [-0.2, -0.15) is 0 Å². The molecular weight excluding hydrogens is 270 g/mol. The fraction of sp³-hybridized carbons (Fsp3) is 0.250. The zero-order valence-electron chi connectivity index (χ0n) is 13.5. The molecule has 2 heteroatoms. The van der Waals surface area contributed by atoms with E-state index in [2.05, 4.69) is 37.0 Å². The van der Waals surface area contributed by atoms with Gasteiger partial charge in [0.25, 0.3) is 0 Å². The summed E-state index contributed by atoms with van der Waals surface area (Å²) in [7, 11) is 0. The monoisotopic (exact) mass is 291 g/mol. The molecule has 0 aliphatic carbocycles. The third kappa shape index (κ3) is 2.62. The SMILES string of the molecule is Cc1cc(C)cc(C(O)c2nccc3cc(C)c(C)cc23)c1. The number of pyridine rings is 1. The summed E-state index contributed by atoms with van der Waals surface area (Å²) in [5, 5.41) is 13.0. The summed E-state index contributed by atoms with van der Waals surface area (Å²) in [4.78, 5) is 4.46. The van der Waals surface area contributed by atoms with Crippen molar-refractivity contribution in [2.45, 2.75) is 33.8 Å². The van der Waals surface area contributed by atoms with Crippen molar-refractivity contribution in [2.24, 2.45) is 0 Å². The average Bonchev–Trinajstić information content (AvgIpc) is 2.46. The normalized spacial score (nSPS) is 12.6. The molecule has 0 saturated carbocycles. The van der Waals surface area contributed by atoms with Crippen LogP contribution in [-0.2, 0) is 0 Å². The molecule has 3 aromatic rings. The number of aliphatic hydroxyl groups excluding tert-OH is 1. The highest BCUT2D eigenvalue weighted by atomic mass is 16.3. The minimum absolute atomic E-state index is 0.704. The zero-order valence-corrected chi connectivity index (χ0v) is 13.5. The number of aliphatic hydroxyl groups is 1. The van der Waals surface area contributed by atoms with Crippen LogP contribution in [0.4, 0.5) is 0 Å². The van der Waals surface area contributed by atoms with Gasteiger partial charge in [-0.05, 0) is 61.9 Å². The molecule has 1 heterocycles. The number of nitrogens with zero attached hydrogens (tertiary/aromatic N) is 1. The van der Waals surface area contributed by atoms with Crippen molar-refractivity contribution < 1.29 is 5.11 Å². The van der Waals surface area contributed by atoms with Crippen LogP contribution in [0.1, 0.15) is 39.6 Å². The Kier molecular flexibility index (Phi) is 3.71. The van der Waals surface area contributed by atoms with Gasteiger partial charge < -0.3 is 5.11 Å². The fourth-order valence-corrected chi connectivity index (χ4v) is 3.01. The highest BCUT2D eigenvalue weighted by Gasteiger charge is 2.16. The van der Waals surface area contributed by atoms with Crippen molar-refractivity contribution in [3.05, 3.63) is 76.1 Å². The maximum atomic E-state index is 10.8. The number of benzene rings is 2. The van der Waals surface area contributed by atoms with E-state index >= 15 is 0 Å². The highest BCUT2D eigenvalue weighted by Crippen LogP contribution is 2.29. The van der Waals surface area contributed by atoms with E-state index in [4.69, 9.17) is 0 Å². The predicted octanol–water partition coefficient (Wildman–Crippen LogP) is 4.55. The maximum absolute atomic E-state index is 10.8. The summed E-state index contributed by atoms with van der Waals surface area (Å²) in [6.45, 7) is 8.30. The van der Waals surface area contributed by atoms with Gasteiger partial charge >= 0.3 is 0 Å². The molecule has 0 fully saturated rings. The van der Waals surface area contributed by atoms with Gasteiger partial charge in [0.1, 0.15) is 6.10 Å². The van der Waals surface area contributed by atoms with E-state index < -0.39 is 6.10 Å². The van der Waals surface area contributed by atoms with Gasteiger partial charge in [-0.1, -0.05) is 35.4 Å². The number of hydrogen-bond donors (Lipinski definition) is 1. The Labute approximate surface area is 131 Å². The number of hydrogen-bond acceptors (Lipinski definition) is 2. The third-order valence-corrected chi connectivity index (χ3v) is 4.23. The van der Waals surface area contributed by atoms with Crippen LogP contribution in [0.3, 0.4) is 0 Å². The smallest absolute Gasteiger partial charge is 0.122 e. The van der Waals surface area contributed by atoms with Crippen LogP contribution >= 0.6 is 0 Å². The minimum atomic E-state index is -0.704. The Hall–Kier alpha value is -2.19. The predicted molar refractivity (Wildman–Crippen MR) is 91.2 cm³/mol. The van der Waals surface area contributed by atoms with Gasteiger partial charge in [-0.15, -0.1) is 0 Å². The Morgan fingerprint density at radius 3 is 2.18 bits per heavy atom. The molecule has 0 amide bonds. The minimum Gasteiger partial charge on any atom is -0.382 e. The maximum Gasteiger partial charge on any atom is 0.122 e. The van der Waals surface area contributed by atoms with Crippen molar-refractivity contribution in [2.75, 3.05) is 0 Å². The molecule has 2 aromatic carbocycles. The second-order valence-electron chi connectivity index (χ2n) is 6.18. The lowest BCUT2D eigenvalue weighted by atomic mass is 9.96. The van der Waals surface area contributed by atoms with E-state index in [1.54, 1.807) is 6.20 Å². The van der Waals surface area contributed by atoms with E-state index in [0.717, 1.165) is 33.2 Å². The molecule has 1 N–H and O–H groups in total. The largest absolute Gasteiger partial charge is 0.382 e. The standard InChI is InChI=1S/C20H21NO/c1-12-7-13(2)9-17(8-12)20(22)19-18-11-15(4)14(3)10-16(18)5-6-21-19/h5-11,20,22H,1-4H3. The Morgan fingerprint density at radius 2 is 1.50 bits per heavy atom. The highest BCUT2D eigenvalue weighted by molar-refractivity contribution is 5.86. The Morgan fingerprint density at radius 1 is 0.864 bits per heavy atom. The molecule has 0 spiro atoms. The summed E-state index contributed by atoms with van der Waals surface area (Å²) >= 11 is 0. The van der Waals surface area contributed by atoms with E-state index in [-0.39, 0.29) is 0 Å².